The number of pyridine rings is 2. The summed E-state index contributed by atoms with van der Waals surface area (Å²) in [5.74, 6) is -1.03. The Morgan fingerprint density at radius 2 is 1.75 bits per heavy atom. The molecule has 5 heteroatoms. The summed E-state index contributed by atoms with van der Waals surface area (Å²) >= 11 is 0. The predicted octanol–water partition coefficient (Wildman–Crippen LogP) is 4.90. The molecular formula is C19H17F2N3. The van der Waals surface area contributed by atoms with Gasteiger partial charge in [0.05, 0.1) is 6.04 Å². The van der Waals surface area contributed by atoms with Crippen LogP contribution in [0.5, 0.6) is 0 Å². The van der Waals surface area contributed by atoms with Gasteiger partial charge in [0.25, 0.3) is 0 Å². The first-order valence-corrected chi connectivity index (χ1v) is 7.62. The minimum Gasteiger partial charge on any atom is -0.364 e. The summed E-state index contributed by atoms with van der Waals surface area (Å²) in [6.45, 7) is 3.86. The van der Waals surface area contributed by atoms with Crippen LogP contribution >= 0.6 is 0 Å². The quantitative estimate of drug-likeness (QED) is 0.741. The number of aryl methyl sites for hydroxylation is 1. The van der Waals surface area contributed by atoms with E-state index >= 15 is 0 Å². The lowest BCUT2D eigenvalue weighted by Crippen LogP contribution is -2.08. The summed E-state index contributed by atoms with van der Waals surface area (Å²) in [4.78, 5) is 8.56. The highest BCUT2D eigenvalue weighted by Gasteiger charge is 2.10. The van der Waals surface area contributed by atoms with E-state index < -0.39 is 11.6 Å². The number of hydrogen-bond donors (Lipinski definition) is 1. The molecule has 1 aromatic carbocycles. The maximum atomic E-state index is 13.3. The third-order valence-corrected chi connectivity index (χ3v) is 3.78. The third kappa shape index (κ3) is 3.56. The van der Waals surface area contributed by atoms with E-state index in [9.17, 15) is 8.78 Å². The zero-order valence-corrected chi connectivity index (χ0v) is 13.4. The maximum Gasteiger partial charge on any atom is 0.159 e. The fourth-order valence-electron chi connectivity index (χ4n) is 2.45. The molecule has 2 aromatic heterocycles. The van der Waals surface area contributed by atoms with Crippen molar-refractivity contribution in [2.75, 3.05) is 5.32 Å². The Morgan fingerprint density at radius 3 is 2.42 bits per heavy atom. The van der Waals surface area contributed by atoms with Gasteiger partial charge in [-0.15, -0.1) is 0 Å². The van der Waals surface area contributed by atoms with Gasteiger partial charge in [-0.1, -0.05) is 6.07 Å². The van der Waals surface area contributed by atoms with Crippen LogP contribution in [0, 0.1) is 18.6 Å². The second kappa shape index (κ2) is 6.74. The number of halogens is 2. The molecule has 3 aromatic rings. The molecule has 1 atom stereocenters. The average molecular weight is 325 g/mol. The van der Waals surface area contributed by atoms with Gasteiger partial charge in [0.15, 0.2) is 11.6 Å². The number of aromatic nitrogens is 2. The monoisotopic (exact) mass is 325 g/mol. The van der Waals surface area contributed by atoms with Crippen LogP contribution in [-0.2, 0) is 0 Å². The molecule has 2 heterocycles. The first-order valence-electron chi connectivity index (χ1n) is 7.62. The Bertz CT molecular complexity index is 847. The first-order chi connectivity index (χ1) is 11.5. The molecular weight excluding hydrogens is 308 g/mol. The molecule has 0 amide bonds. The zero-order chi connectivity index (χ0) is 17.1. The molecule has 0 radical (unpaired) electrons. The van der Waals surface area contributed by atoms with Gasteiger partial charge in [-0.3, -0.25) is 4.98 Å². The van der Waals surface area contributed by atoms with Crippen molar-refractivity contribution in [1.29, 1.82) is 0 Å². The normalized spacial score (nSPS) is 12.0. The summed E-state index contributed by atoms with van der Waals surface area (Å²) < 4.78 is 26.3. The summed E-state index contributed by atoms with van der Waals surface area (Å²) in [6, 6.07) is 9.53. The van der Waals surface area contributed by atoms with Gasteiger partial charge in [-0.05, 0) is 55.3 Å². The number of benzene rings is 1. The van der Waals surface area contributed by atoms with E-state index in [0.29, 0.717) is 11.4 Å². The van der Waals surface area contributed by atoms with Crippen molar-refractivity contribution in [3.63, 3.8) is 0 Å². The molecule has 0 bridgehead atoms. The summed E-state index contributed by atoms with van der Waals surface area (Å²) in [6.07, 6.45) is 5.36. The van der Waals surface area contributed by atoms with Crippen LogP contribution in [-0.4, -0.2) is 9.97 Å². The lowest BCUT2D eigenvalue weighted by atomic mass is 10.1. The SMILES string of the molecule is Cc1cncc(-c2ccc(NC(C)c3ccc(F)c(F)c3)nc2)c1. The molecule has 0 spiro atoms. The van der Waals surface area contributed by atoms with E-state index in [1.165, 1.54) is 6.07 Å². The molecule has 0 fully saturated rings. The highest BCUT2D eigenvalue weighted by atomic mass is 19.2. The topological polar surface area (TPSA) is 37.8 Å². The molecule has 0 aliphatic carbocycles. The van der Waals surface area contributed by atoms with Crippen LogP contribution in [0.25, 0.3) is 11.1 Å². The Kier molecular flexibility index (Phi) is 4.51. The molecule has 0 aliphatic heterocycles. The van der Waals surface area contributed by atoms with Crippen LogP contribution in [0.2, 0.25) is 0 Å². The molecule has 3 nitrogen and oxygen atoms in total. The molecule has 0 saturated heterocycles. The molecule has 0 aliphatic rings. The second-order valence-electron chi connectivity index (χ2n) is 5.72. The van der Waals surface area contributed by atoms with Gasteiger partial charge in [-0.2, -0.15) is 0 Å². The van der Waals surface area contributed by atoms with Crippen molar-refractivity contribution in [1.82, 2.24) is 9.97 Å². The Morgan fingerprint density at radius 1 is 0.917 bits per heavy atom. The van der Waals surface area contributed by atoms with Crippen LogP contribution in [0.3, 0.4) is 0 Å². The Labute approximate surface area is 139 Å². The number of nitrogens with zero attached hydrogens (tertiary/aromatic N) is 2. The summed E-state index contributed by atoms with van der Waals surface area (Å²) in [7, 11) is 0. The van der Waals surface area contributed by atoms with Gasteiger partial charge >= 0.3 is 0 Å². The molecule has 1 N–H and O–H groups in total. The average Bonchev–Trinajstić information content (AvgIpc) is 2.58. The van der Waals surface area contributed by atoms with Gasteiger partial charge in [0, 0.05) is 29.7 Å². The van der Waals surface area contributed by atoms with Gasteiger partial charge in [-0.25, -0.2) is 13.8 Å². The van der Waals surface area contributed by atoms with Crippen molar-refractivity contribution in [3.05, 3.63) is 77.8 Å². The predicted molar refractivity (Wildman–Crippen MR) is 90.6 cm³/mol. The lowest BCUT2D eigenvalue weighted by molar-refractivity contribution is 0.506. The summed E-state index contributed by atoms with van der Waals surface area (Å²) in [5, 5.41) is 3.18. The fourth-order valence-corrected chi connectivity index (χ4v) is 2.45. The van der Waals surface area contributed by atoms with Crippen molar-refractivity contribution in [2.24, 2.45) is 0 Å². The van der Waals surface area contributed by atoms with E-state index in [-0.39, 0.29) is 6.04 Å². The first kappa shape index (κ1) is 16.1. The third-order valence-electron chi connectivity index (χ3n) is 3.78. The zero-order valence-electron chi connectivity index (χ0n) is 13.4. The van der Waals surface area contributed by atoms with Gasteiger partial charge in [0.1, 0.15) is 5.82 Å². The minimum absolute atomic E-state index is 0.195. The van der Waals surface area contributed by atoms with E-state index in [1.54, 1.807) is 24.7 Å². The fraction of sp³-hybridized carbons (Fsp3) is 0.158. The van der Waals surface area contributed by atoms with Crippen molar-refractivity contribution in [3.8, 4) is 11.1 Å². The lowest BCUT2D eigenvalue weighted by Gasteiger charge is -2.15. The number of nitrogens with one attached hydrogen (secondary N) is 1. The van der Waals surface area contributed by atoms with Crippen molar-refractivity contribution >= 4 is 5.82 Å². The van der Waals surface area contributed by atoms with Gasteiger partial charge < -0.3 is 5.32 Å². The van der Waals surface area contributed by atoms with Crippen LogP contribution in [0.1, 0.15) is 24.1 Å². The minimum atomic E-state index is -0.851. The molecule has 1 unspecified atom stereocenters. The highest BCUT2D eigenvalue weighted by Crippen LogP contribution is 2.23. The molecule has 0 saturated carbocycles. The van der Waals surface area contributed by atoms with Crippen molar-refractivity contribution in [2.45, 2.75) is 19.9 Å². The van der Waals surface area contributed by atoms with E-state index in [2.05, 4.69) is 15.3 Å². The van der Waals surface area contributed by atoms with E-state index in [1.807, 2.05) is 32.0 Å². The Hall–Kier alpha value is -2.82. The number of hydrogen-bond acceptors (Lipinski definition) is 3. The summed E-state index contributed by atoms with van der Waals surface area (Å²) in [5.41, 5.74) is 3.71. The number of rotatable bonds is 4. The van der Waals surface area contributed by atoms with E-state index in [4.69, 9.17) is 0 Å². The van der Waals surface area contributed by atoms with Crippen LogP contribution in [0.4, 0.5) is 14.6 Å². The number of anilines is 1. The molecule has 3 rings (SSSR count). The second-order valence-corrected chi connectivity index (χ2v) is 5.72. The van der Waals surface area contributed by atoms with Gasteiger partial charge in [0.2, 0.25) is 0 Å². The van der Waals surface area contributed by atoms with Crippen molar-refractivity contribution < 1.29 is 8.78 Å². The smallest absolute Gasteiger partial charge is 0.159 e. The standard InChI is InChI=1S/C19H17F2N3/c1-12-7-16(10-22-9-12)15-4-6-19(23-11-15)24-13(2)14-3-5-17(20)18(21)8-14/h3-11,13H,1-2H3,(H,23,24). The van der Waals surface area contributed by atoms with Crippen LogP contribution < -0.4 is 5.32 Å². The molecule has 24 heavy (non-hydrogen) atoms. The van der Waals surface area contributed by atoms with Crippen LogP contribution in [0.15, 0.2) is 55.0 Å². The maximum absolute atomic E-state index is 13.3. The molecule has 122 valence electrons. The highest BCUT2D eigenvalue weighted by molar-refractivity contribution is 5.63. The largest absolute Gasteiger partial charge is 0.364 e. The van der Waals surface area contributed by atoms with E-state index in [0.717, 1.165) is 22.8 Å². The Balaban J connectivity index is 1.75.